The molecule has 2 aliphatic rings. The minimum atomic E-state index is -0.0469. The Morgan fingerprint density at radius 1 is 1.36 bits per heavy atom. The number of hydrogen-bond donors (Lipinski definition) is 0. The smallest absolute Gasteiger partial charge is 0.241 e. The monoisotopic (exact) mass is 442 g/mol. The molecule has 2 fully saturated rings. The van der Waals surface area contributed by atoms with E-state index >= 15 is 0 Å². The van der Waals surface area contributed by atoms with Crippen molar-refractivity contribution in [3.8, 4) is 10.7 Å². The highest BCUT2D eigenvalue weighted by atomic mass is 79.9. The first-order valence-corrected chi connectivity index (χ1v) is 11.2. The lowest BCUT2D eigenvalue weighted by atomic mass is 10.2. The topological polar surface area (TPSA) is 62.5 Å². The second-order valence-electron chi connectivity index (χ2n) is 6.21. The van der Waals surface area contributed by atoms with Crippen molar-refractivity contribution in [1.82, 2.24) is 19.9 Å². The van der Waals surface area contributed by atoms with Gasteiger partial charge in [0.1, 0.15) is 0 Å². The van der Waals surface area contributed by atoms with Crippen molar-refractivity contribution >= 4 is 44.9 Å². The molecule has 2 saturated heterocycles. The summed E-state index contributed by atoms with van der Waals surface area (Å²) in [5, 5.41) is 6.08. The largest absolute Gasteiger partial charge is 0.340 e. The van der Waals surface area contributed by atoms with Crippen LogP contribution in [0.1, 0.15) is 18.7 Å². The van der Waals surface area contributed by atoms with Gasteiger partial charge in [-0.1, -0.05) is 5.16 Å². The molecule has 4 rings (SSSR count). The minimum Gasteiger partial charge on any atom is -0.340 e. The van der Waals surface area contributed by atoms with E-state index in [0.29, 0.717) is 18.3 Å². The van der Waals surface area contributed by atoms with Crippen LogP contribution in [0, 0.1) is 0 Å². The van der Waals surface area contributed by atoms with Gasteiger partial charge >= 0.3 is 0 Å². The fourth-order valence-corrected chi connectivity index (χ4v) is 5.57. The van der Waals surface area contributed by atoms with Crippen LogP contribution in [0.2, 0.25) is 0 Å². The van der Waals surface area contributed by atoms with Crippen LogP contribution >= 0.6 is 39.0 Å². The second kappa shape index (κ2) is 7.77. The first-order valence-electron chi connectivity index (χ1n) is 8.38. The lowest BCUT2D eigenvalue weighted by Crippen LogP contribution is -2.48. The predicted molar refractivity (Wildman–Crippen MR) is 103 cm³/mol. The van der Waals surface area contributed by atoms with Crippen LogP contribution in [0.15, 0.2) is 20.4 Å². The maximum Gasteiger partial charge on any atom is 0.241 e. The van der Waals surface area contributed by atoms with Crippen molar-refractivity contribution in [2.75, 3.05) is 31.1 Å². The number of carbonyl (C=O) groups excluding carboxylic acids is 1. The molecule has 2 aliphatic heterocycles. The van der Waals surface area contributed by atoms with Gasteiger partial charge in [0, 0.05) is 34.4 Å². The Morgan fingerprint density at radius 2 is 2.20 bits per heavy atom. The highest BCUT2D eigenvalue weighted by Crippen LogP contribution is 2.28. The summed E-state index contributed by atoms with van der Waals surface area (Å²) in [6.45, 7) is 3.18. The van der Waals surface area contributed by atoms with E-state index < -0.39 is 0 Å². The summed E-state index contributed by atoms with van der Waals surface area (Å²) in [6.07, 6.45) is 1.96. The van der Waals surface area contributed by atoms with Gasteiger partial charge < -0.3 is 9.42 Å². The third-order valence-electron chi connectivity index (χ3n) is 4.57. The van der Waals surface area contributed by atoms with E-state index in [2.05, 4.69) is 31.0 Å². The molecule has 6 nitrogen and oxygen atoms in total. The van der Waals surface area contributed by atoms with Gasteiger partial charge in [-0.15, -0.1) is 11.3 Å². The number of thioether (sulfide) groups is 1. The van der Waals surface area contributed by atoms with Gasteiger partial charge in [0.05, 0.1) is 17.5 Å². The molecule has 0 aliphatic carbocycles. The third-order valence-corrected chi connectivity index (χ3v) is 7.20. The number of thiophene rings is 1. The van der Waals surface area contributed by atoms with Gasteiger partial charge in [0.2, 0.25) is 17.6 Å². The summed E-state index contributed by atoms with van der Waals surface area (Å²) in [7, 11) is 0. The quantitative estimate of drug-likeness (QED) is 0.724. The van der Waals surface area contributed by atoms with E-state index in [1.165, 1.54) is 0 Å². The Labute approximate surface area is 163 Å². The van der Waals surface area contributed by atoms with Crippen LogP contribution in [0.5, 0.6) is 0 Å². The Balaban J connectivity index is 1.43. The van der Waals surface area contributed by atoms with Crippen LogP contribution < -0.4 is 0 Å². The molecule has 0 bridgehead atoms. The van der Waals surface area contributed by atoms with E-state index in [-0.39, 0.29) is 11.9 Å². The molecule has 1 unspecified atom stereocenters. The van der Waals surface area contributed by atoms with Gasteiger partial charge in [-0.2, -0.15) is 16.7 Å². The van der Waals surface area contributed by atoms with E-state index in [1.807, 2.05) is 28.1 Å². The molecule has 0 radical (unpaired) electrons. The summed E-state index contributed by atoms with van der Waals surface area (Å²) in [4.78, 5) is 22.5. The second-order valence-corrected chi connectivity index (χ2v) is 9.26. The van der Waals surface area contributed by atoms with Crippen LogP contribution in [0.4, 0.5) is 0 Å². The zero-order valence-electron chi connectivity index (χ0n) is 13.7. The van der Waals surface area contributed by atoms with E-state index in [1.54, 1.807) is 11.3 Å². The van der Waals surface area contributed by atoms with Crippen molar-refractivity contribution in [1.29, 1.82) is 0 Å². The maximum atomic E-state index is 12.8. The standard InChI is InChI=1S/C16H19BrN4O2S2/c17-11-8-13(25-10-11)15-18-14(23-19-15)9-21-3-1-2-12(21)16(22)20-4-6-24-7-5-20/h8,10,12H,1-7,9H2. The average molecular weight is 443 g/mol. The van der Waals surface area contributed by atoms with Gasteiger partial charge in [-0.25, -0.2) is 0 Å². The van der Waals surface area contributed by atoms with Gasteiger partial charge in [0.15, 0.2) is 0 Å². The molecular weight excluding hydrogens is 424 g/mol. The van der Waals surface area contributed by atoms with Crippen LogP contribution in [-0.4, -0.2) is 63.0 Å². The van der Waals surface area contributed by atoms with E-state index in [0.717, 1.165) is 53.3 Å². The molecule has 25 heavy (non-hydrogen) atoms. The zero-order chi connectivity index (χ0) is 17.2. The highest BCUT2D eigenvalue weighted by molar-refractivity contribution is 9.10. The first-order chi connectivity index (χ1) is 12.2. The number of aromatic nitrogens is 2. The lowest BCUT2D eigenvalue weighted by molar-refractivity contribution is -0.135. The van der Waals surface area contributed by atoms with Crippen molar-refractivity contribution in [2.24, 2.45) is 0 Å². The minimum absolute atomic E-state index is 0.0469. The number of rotatable bonds is 4. The summed E-state index contributed by atoms with van der Waals surface area (Å²) in [6, 6.07) is 1.94. The molecule has 1 atom stereocenters. The van der Waals surface area contributed by atoms with Gasteiger partial charge in [-0.3, -0.25) is 9.69 Å². The Hall–Kier alpha value is -0.900. The molecule has 4 heterocycles. The summed E-state index contributed by atoms with van der Waals surface area (Å²) >= 11 is 6.94. The van der Waals surface area contributed by atoms with Gasteiger partial charge in [-0.05, 0) is 41.4 Å². The number of halogens is 1. The van der Waals surface area contributed by atoms with E-state index in [9.17, 15) is 4.79 Å². The highest BCUT2D eigenvalue weighted by Gasteiger charge is 2.35. The molecule has 1 amide bonds. The number of likely N-dealkylation sites (tertiary alicyclic amines) is 1. The maximum absolute atomic E-state index is 12.8. The molecule has 0 saturated carbocycles. The number of hydrogen-bond acceptors (Lipinski definition) is 7. The Morgan fingerprint density at radius 3 is 2.96 bits per heavy atom. The van der Waals surface area contributed by atoms with Crippen molar-refractivity contribution < 1.29 is 9.32 Å². The molecule has 0 N–H and O–H groups in total. The molecular formula is C16H19BrN4O2S2. The molecule has 134 valence electrons. The fraction of sp³-hybridized carbons (Fsp3) is 0.562. The molecule has 2 aromatic rings. The molecule has 0 aromatic carbocycles. The van der Waals surface area contributed by atoms with Crippen LogP contribution in [0.25, 0.3) is 10.7 Å². The summed E-state index contributed by atoms with van der Waals surface area (Å²) < 4.78 is 6.44. The fourth-order valence-electron chi connectivity index (χ4n) is 3.31. The predicted octanol–water partition coefficient (Wildman–Crippen LogP) is 3.10. The van der Waals surface area contributed by atoms with E-state index in [4.69, 9.17) is 4.52 Å². The average Bonchev–Trinajstić information content (AvgIpc) is 3.36. The molecule has 2 aromatic heterocycles. The normalized spacial score (nSPS) is 21.8. The lowest BCUT2D eigenvalue weighted by Gasteiger charge is -2.31. The zero-order valence-corrected chi connectivity index (χ0v) is 16.9. The molecule has 9 heteroatoms. The third kappa shape index (κ3) is 3.94. The van der Waals surface area contributed by atoms with Crippen molar-refractivity contribution in [3.63, 3.8) is 0 Å². The SMILES string of the molecule is O=C(C1CCCN1Cc1nc(-c2cc(Br)cs2)no1)N1CCSCC1. The van der Waals surface area contributed by atoms with Crippen LogP contribution in [0.3, 0.4) is 0 Å². The van der Waals surface area contributed by atoms with Crippen LogP contribution in [-0.2, 0) is 11.3 Å². The van der Waals surface area contributed by atoms with Gasteiger partial charge in [0.25, 0.3) is 0 Å². The number of amides is 1. The summed E-state index contributed by atoms with van der Waals surface area (Å²) in [5.41, 5.74) is 0. The Kier molecular flexibility index (Phi) is 5.44. The number of carbonyl (C=O) groups is 1. The first kappa shape index (κ1) is 17.5. The van der Waals surface area contributed by atoms with Crippen molar-refractivity contribution in [3.05, 3.63) is 21.8 Å². The number of nitrogens with zero attached hydrogens (tertiary/aromatic N) is 4. The Bertz CT molecular complexity index is 744. The summed E-state index contributed by atoms with van der Waals surface area (Å²) in [5.74, 6) is 3.54. The molecule has 0 spiro atoms. The van der Waals surface area contributed by atoms with Crippen molar-refractivity contribution in [2.45, 2.75) is 25.4 Å².